The van der Waals surface area contributed by atoms with Gasteiger partial charge >= 0.3 is 12.1 Å². The molecule has 36 heavy (non-hydrogen) atoms. The van der Waals surface area contributed by atoms with Gasteiger partial charge in [-0.2, -0.15) is 5.10 Å². The third-order valence-corrected chi connectivity index (χ3v) is 5.39. The van der Waals surface area contributed by atoms with Crippen LogP contribution in [0.1, 0.15) is 44.5 Å². The number of aromatic nitrogens is 2. The van der Waals surface area contributed by atoms with Crippen LogP contribution >= 0.6 is 0 Å². The van der Waals surface area contributed by atoms with E-state index < -0.39 is 28.6 Å². The van der Waals surface area contributed by atoms with Crippen molar-refractivity contribution in [3.8, 4) is 0 Å². The van der Waals surface area contributed by atoms with Gasteiger partial charge in [-0.15, -0.1) is 0 Å². The van der Waals surface area contributed by atoms with E-state index in [0.717, 1.165) is 11.3 Å². The zero-order chi connectivity index (χ0) is 26.5. The number of alkyl carbamates (subject to hydrolysis) is 1. The van der Waals surface area contributed by atoms with Crippen molar-refractivity contribution in [1.29, 1.82) is 0 Å². The van der Waals surface area contributed by atoms with Crippen molar-refractivity contribution in [2.45, 2.75) is 65.3 Å². The highest BCUT2D eigenvalue weighted by Gasteiger charge is 2.31. The molecule has 0 saturated heterocycles. The zero-order valence-electron chi connectivity index (χ0n) is 20.9. The molecule has 1 aromatic carbocycles. The number of fused-ring (bicyclic) bond motifs is 1. The number of esters is 1. The fraction of sp³-hybridized carbons (Fsp3) is 0.500. The molecule has 1 aliphatic rings. The normalized spacial score (nSPS) is 13.9. The standard InChI is InChI=1S/C24H31N5O7/c1-5-35-21(30)15-28-14-17-13-27(11-10-19(17)26-28)22(31)20(25-23(32)36-24(2,3)4)12-16-6-8-18(9-7-16)29(33)34/h6-9,14,20H,5,10-13,15H2,1-4H3,(H,25,32)/t20-/m0/s1. The van der Waals surface area contributed by atoms with Crippen LogP contribution in [0.3, 0.4) is 0 Å². The number of rotatable bonds is 8. The van der Waals surface area contributed by atoms with Crippen LogP contribution in [0.25, 0.3) is 0 Å². The van der Waals surface area contributed by atoms with Gasteiger partial charge in [0.1, 0.15) is 18.2 Å². The summed E-state index contributed by atoms with van der Waals surface area (Å²) in [5, 5.41) is 18.0. The SMILES string of the molecule is CCOC(=O)Cn1cc2c(n1)CCN(C(=O)[C@H](Cc1ccc([N+](=O)[O-])cc1)NC(=O)OC(C)(C)C)C2. The first kappa shape index (κ1) is 26.6. The van der Waals surface area contributed by atoms with Gasteiger partial charge in [-0.05, 0) is 33.3 Å². The molecule has 2 aromatic rings. The molecule has 194 valence electrons. The monoisotopic (exact) mass is 501 g/mol. The molecule has 1 aromatic heterocycles. The van der Waals surface area contributed by atoms with Crippen molar-refractivity contribution < 1.29 is 28.8 Å². The largest absolute Gasteiger partial charge is 0.465 e. The maximum atomic E-state index is 13.5. The molecule has 0 aliphatic carbocycles. The second-order valence-electron chi connectivity index (χ2n) is 9.44. The van der Waals surface area contributed by atoms with Crippen molar-refractivity contribution in [3.05, 3.63) is 57.4 Å². The van der Waals surface area contributed by atoms with Crippen LogP contribution in [0.15, 0.2) is 30.5 Å². The molecule has 0 unspecified atom stereocenters. The first-order valence-corrected chi connectivity index (χ1v) is 11.7. The molecule has 1 aliphatic heterocycles. The van der Waals surface area contributed by atoms with E-state index in [1.807, 2.05) is 0 Å². The molecule has 0 saturated carbocycles. The molecule has 0 radical (unpaired) electrons. The van der Waals surface area contributed by atoms with Crippen molar-refractivity contribution in [2.75, 3.05) is 13.2 Å². The summed E-state index contributed by atoms with van der Waals surface area (Å²) in [6, 6.07) is 4.88. The fourth-order valence-corrected chi connectivity index (χ4v) is 3.84. The van der Waals surface area contributed by atoms with Crippen molar-refractivity contribution >= 4 is 23.7 Å². The number of amides is 2. The van der Waals surface area contributed by atoms with Gasteiger partial charge in [0.2, 0.25) is 5.91 Å². The molecular formula is C24H31N5O7. The maximum Gasteiger partial charge on any atom is 0.408 e. The first-order chi connectivity index (χ1) is 16.9. The minimum absolute atomic E-state index is 0.0161. The number of hydrogen-bond donors (Lipinski definition) is 1. The molecule has 1 N–H and O–H groups in total. The van der Waals surface area contributed by atoms with E-state index in [0.29, 0.717) is 18.5 Å². The Morgan fingerprint density at radius 2 is 1.92 bits per heavy atom. The maximum absolute atomic E-state index is 13.5. The third kappa shape index (κ3) is 7.27. The first-order valence-electron chi connectivity index (χ1n) is 11.7. The molecule has 12 nitrogen and oxygen atoms in total. The van der Waals surface area contributed by atoms with E-state index in [9.17, 15) is 24.5 Å². The van der Waals surface area contributed by atoms with Crippen molar-refractivity contribution in [2.24, 2.45) is 0 Å². The van der Waals surface area contributed by atoms with Gasteiger partial charge in [-0.1, -0.05) is 12.1 Å². The molecule has 2 amide bonds. The zero-order valence-corrected chi connectivity index (χ0v) is 20.9. The lowest BCUT2D eigenvalue weighted by atomic mass is 10.0. The number of benzene rings is 1. The van der Waals surface area contributed by atoms with E-state index in [1.54, 1.807) is 50.9 Å². The fourth-order valence-electron chi connectivity index (χ4n) is 3.84. The number of nitrogens with one attached hydrogen (secondary N) is 1. The molecule has 3 rings (SSSR count). The summed E-state index contributed by atoms with van der Waals surface area (Å²) < 4.78 is 11.8. The number of ether oxygens (including phenoxy) is 2. The molecule has 0 spiro atoms. The van der Waals surface area contributed by atoms with Crippen LogP contribution in [-0.4, -0.2) is 62.4 Å². The van der Waals surface area contributed by atoms with Crippen molar-refractivity contribution in [1.82, 2.24) is 20.0 Å². The minimum atomic E-state index is -0.947. The summed E-state index contributed by atoms with van der Waals surface area (Å²) in [5.41, 5.74) is 1.44. The topological polar surface area (TPSA) is 146 Å². The lowest BCUT2D eigenvalue weighted by molar-refractivity contribution is -0.384. The van der Waals surface area contributed by atoms with Crippen LogP contribution < -0.4 is 5.32 Å². The van der Waals surface area contributed by atoms with Gasteiger partial charge < -0.3 is 19.7 Å². The molecule has 0 bridgehead atoms. The summed E-state index contributed by atoms with van der Waals surface area (Å²) in [7, 11) is 0. The lowest BCUT2D eigenvalue weighted by Crippen LogP contribution is -2.51. The predicted molar refractivity (Wildman–Crippen MR) is 128 cm³/mol. The molecular weight excluding hydrogens is 470 g/mol. The average molecular weight is 502 g/mol. The van der Waals surface area contributed by atoms with Crippen LogP contribution in [0.4, 0.5) is 10.5 Å². The number of carbonyl (C=O) groups excluding carboxylic acids is 3. The lowest BCUT2D eigenvalue weighted by Gasteiger charge is -2.31. The number of carbonyl (C=O) groups is 3. The van der Waals surface area contributed by atoms with E-state index in [-0.39, 0.29) is 37.7 Å². The Hall–Kier alpha value is -3.96. The van der Waals surface area contributed by atoms with Gasteiger partial charge in [0.05, 0.1) is 17.2 Å². The van der Waals surface area contributed by atoms with Gasteiger partial charge in [0.25, 0.3) is 5.69 Å². The minimum Gasteiger partial charge on any atom is -0.465 e. The highest BCUT2D eigenvalue weighted by atomic mass is 16.6. The Bertz CT molecular complexity index is 1120. The third-order valence-electron chi connectivity index (χ3n) is 5.39. The van der Waals surface area contributed by atoms with Crippen molar-refractivity contribution in [3.63, 3.8) is 0 Å². The van der Waals surface area contributed by atoms with Gasteiger partial charge in [-0.3, -0.25) is 24.4 Å². The predicted octanol–water partition coefficient (Wildman–Crippen LogP) is 2.38. The quantitative estimate of drug-likeness (QED) is 0.330. The molecule has 0 fully saturated rings. The number of hydrogen-bond acceptors (Lipinski definition) is 8. The Morgan fingerprint density at radius 1 is 1.22 bits per heavy atom. The van der Waals surface area contributed by atoms with Gasteiger partial charge in [-0.25, -0.2) is 4.79 Å². The van der Waals surface area contributed by atoms with Gasteiger partial charge in [0.15, 0.2) is 0 Å². The summed E-state index contributed by atoms with van der Waals surface area (Å²) in [5.74, 6) is -0.710. The second kappa shape index (κ2) is 11.2. The number of nitro benzene ring substituents is 1. The van der Waals surface area contributed by atoms with Crippen LogP contribution in [0.2, 0.25) is 0 Å². The Balaban J connectivity index is 1.75. The van der Waals surface area contributed by atoms with E-state index in [1.165, 1.54) is 16.8 Å². The number of nitro groups is 1. The number of nitrogens with zero attached hydrogens (tertiary/aromatic N) is 4. The number of non-ortho nitro benzene ring substituents is 1. The van der Waals surface area contributed by atoms with E-state index >= 15 is 0 Å². The molecule has 12 heteroatoms. The van der Waals surface area contributed by atoms with E-state index in [4.69, 9.17) is 9.47 Å². The van der Waals surface area contributed by atoms with Crippen LogP contribution in [-0.2, 0) is 45.0 Å². The Labute approximate surface area is 208 Å². The Kier molecular flexibility index (Phi) is 8.28. The highest BCUT2D eigenvalue weighted by Crippen LogP contribution is 2.20. The highest BCUT2D eigenvalue weighted by molar-refractivity contribution is 5.86. The molecule has 1 atom stereocenters. The summed E-state index contributed by atoms with van der Waals surface area (Å²) in [4.78, 5) is 49.9. The summed E-state index contributed by atoms with van der Waals surface area (Å²) in [6.45, 7) is 7.81. The van der Waals surface area contributed by atoms with Crippen LogP contribution in [0, 0.1) is 10.1 Å². The second-order valence-corrected chi connectivity index (χ2v) is 9.44. The summed E-state index contributed by atoms with van der Waals surface area (Å²) in [6.07, 6.45) is 1.61. The van der Waals surface area contributed by atoms with Gasteiger partial charge in [0, 0.05) is 49.8 Å². The average Bonchev–Trinajstić information content (AvgIpc) is 3.18. The summed E-state index contributed by atoms with van der Waals surface area (Å²) >= 11 is 0. The smallest absolute Gasteiger partial charge is 0.408 e. The van der Waals surface area contributed by atoms with Crippen LogP contribution in [0.5, 0.6) is 0 Å². The molecule has 2 heterocycles. The van der Waals surface area contributed by atoms with E-state index in [2.05, 4.69) is 10.4 Å². The Morgan fingerprint density at radius 3 is 2.53 bits per heavy atom.